The minimum atomic E-state index is -0.336. The number of ether oxygens (including phenoxy) is 1. The Labute approximate surface area is 150 Å². The highest BCUT2D eigenvalue weighted by molar-refractivity contribution is 5.90. The molecule has 1 aromatic rings. The van der Waals surface area contributed by atoms with Crippen molar-refractivity contribution in [1.29, 1.82) is 0 Å². The Bertz CT molecular complexity index is 611. The lowest BCUT2D eigenvalue weighted by molar-refractivity contribution is 0.0601. The van der Waals surface area contributed by atoms with Crippen molar-refractivity contribution in [3.63, 3.8) is 0 Å². The van der Waals surface area contributed by atoms with E-state index in [4.69, 9.17) is 4.74 Å². The zero-order valence-corrected chi connectivity index (χ0v) is 16.1. The highest BCUT2D eigenvalue weighted by Crippen LogP contribution is 2.17. The van der Waals surface area contributed by atoms with E-state index in [1.54, 1.807) is 6.07 Å². The van der Waals surface area contributed by atoms with Gasteiger partial charge in [0.1, 0.15) is 0 Å². The highest BCUT2D eigenvalue weighted by atomic mass is 16.5. The van der Waals surface area contributed by atoms with E-state index in [-0.39, 0.29) is 18.1 Å². The van der Waals surface area contributed by atoms with E-state index < -0.39 is 0 Å². The maximum absolute atomic E-state index is 11.7. The van der Waals surface area contributed by atoms with E-state index in [0.29, 0.717) is 5.56 Å². The largest absolute Gasteiger partial charge is 0.465 e. The molecule has 0 aliphatic rings. The fourth-order valence-electron chi connectivity index (χ4n) is 2.22. The normalized spacial score (nSPS) is 13.2. The number of hydrogen-bond acceptors (Lipinski definition) is 5. The molecule has 0 saturated carbocycles. The topological polar surface area (TPSA) is 66.3 Å². The second-order valence-corrected chi connectivity index (χ2v) is 6.27. The highest BCUT2D eigenvalue weighted by Gasteiger charge is 2.13. The molecule has 0 spiro atoms. The average Bonchev–Trinajstić information content (AvgIpc) is 2.62. The number of carbonyl (C=O) groups excluding carboxylic acids is 1. The Kier molecular flexibility index (Phi) is 8.67. The van der Waals surface area contributed by atoms with E-state index >= 15 is 0 Å². The van der Waals surface area contributed by atoms with Gasteiger partial charge in [-0.25, -0.2) is 4.79 Å². The van der Waals surface area contributed by atoms with Crippen molar-refractivity contribution in [2.24, 2.45) is 10.3 Å². The first kappa shape index (κ1) is 20.7. The Morgan fingerprint density at radius 1 is 1.40 bits per heavy atom. The van der Waals surface area contributed by atoms with Crippen LogP contribution in [0, 0.1) is 0 Å². The predicted octanol–water partition coefficient (Wildman–Crippen LogP) is 4.32. The molecule has 0 amide bonds. The van der Waals surface area contributed by atoms with Crippen LogP contribution in [0.5, 0.6) is 0 Å². The smallest absolute Gasteiger partial charge is 0.337 e. The van der Waals surface area contributed by atoms with Crippen LogP contribution in [0.15, 0.2) is 46.3 Å². The van der Waals surface area contributed by atoms with Crippen LogP contribution in [-0.2, 0) is 4.74 Å². The number of rotatable bonds is 9. The van der Waals surface area contributed by atoms with Gasteiger partial charge in [-0.2, -0.15) is 5.11 Å². The van der Waals surface area contributed by atoms with Gasteiger partial charge in [-0.15, -0.1) is 0 Å². The molecule has 0 aromatic heterocycles. The quantitative estimate of drug-likeness (QED) is 0.313. The van der Waals surface area contributed by atoms with Gasteiger partial charge in [-0.1, -0.05) is 22.9 Å². The summed E-state index contributed by atoms with van der Waals surface area (Å²) in [5, 5.41) is 13.7. The van der Waals surface area contributed by atoms with E-state index in [1.807, 2.05) is 51.0 Å². The van der Waals surface area contributed by atoms with Crippen LogP contribution in [0.25, 0.3) is 0 Å². The summed E-state index contributed by atoms with van der Waals surface area (Å²) in [4.78, 5) is 11.7. The monoisotopic (exact) mass is 346 g/mol. The lowest BCUT2D eigenvalue weighted by Gasteiger charge is -2.23. The molecule has 0 radical (unpaired) electrons. The standard InChI is InChI=1S/C19H30N4O2/c1-7-15(4)18(11-12-23(5)22-21-14(2)3)20-17-10-8-9-16(13-17)19(24)25-6/h7-10,13-14,18,20H,11-12H2,1-6H3/b15-7+,22-21-. The van der Waals surface area contributed by atoms with Crippen LogP contribution in [0.1, 0.15) is 44.5 Å². The van der Waals surface area contributed by atoms with E-state index in [1.165, 1.54) is 12.7 Å². The molecule has 0 fully saturated rings. The second-order valence-electron chi connectivity index (χ2n) is 6.27. The molecule has 1 unspecified atom stereocenters. The van der Waals surface area contributed by atoms with E-state index in [2.05, 4.69) is 28.7 Å². The van der Waals surface area contributed by atoms with Gasteiger partial charge in [0.2, 0.25) is 0 Å². The summed E-state index contributed by atoms with van der Waals surface area (Å²) in [7, 11) is 3.31. The third kappa shape index (κ3) is 7.37. The molecular formula is C19H30N4O2. The molecule has 1 atom stereocenters. The van der Waals surface area contributed by atoms with Crippen molar-refractivity contribution in [2.75, 3.05) is 26.0 Å². The van der Waals surface area contributed by atoms with Gasteiger partial charge in [0.05, 0.1) is 18.7 Å². The molecule has 138 valence electrons. The predicted molar refractivity (Wildman–Crippen MR) is 102 cm³/mol. The van der Waals surface area contributed by atoms with Gasteiger partial charge in [0, 0.05) is 25.3 Å². The number of allylic oxidation sites excluding steroid dienone is 1. The van der Waals surface area contributed by atoms with E-state index in [9.17, 15) is 4.79 Å². The summed E-state index contributed by atoms with van der Waals surface area (Å²) in [5.74, 6) is -0.336. The van der Waals surface area contributed by atoms with Crippen LogP contribution in [0.4, 0.5) is 5.69 Å². The molecule has 0 aliphatic heterocycles. The average molecular weight is 346 g/mol. The zero-order valence-electron chi connectivity index (χ0n) is 16.1. The summed E-state index contributed by atoms with van der Waals surface area (Å²) < 4.78 is 4.78. The summed E-state index contributed by atoms with van der Waals surface area (Å²) in [6, 6.07) is 7.69. The summed E-state index contributed by atoms with van der Waals surface area (Å²) in [6.45, 7) is 8.89. The van der Waals surface area contributed by atoms with Crippen LogP contribution < -0.4 is 5.32 Å². The van der Waals surface area contributed by atoms with Gasteiger partial charge in [-0.3, -0.25) is 5.01 Å². The third-order valence-corrected chi connectivity index (χ3v) is 3.81. The summed E-state index contributed by atoms with van der Waals surface area (Å²) in [5.41, 5.74) is 2.66. The molecule has 25 heavy (non-hydrogen) atoms. The minimum absolute atomic E-state index is 0.148. The molecule has 0 bridgehead atoms. The van der Waals surface area contributed by atoms with Crippen molar-refractivity contribution in [3.05, 3.63) is 41.5 Å². The molecule has 0 heterocycles. The number of nitrogens with zero attached hydrogens (tertiary/aromatic N) is 3. The molecular weight excluding hydrogens is 316 g/mol. The van der Waals surface area contributed by atoms with Gasteiger partial charge in [0.15, 0.2) is 0 Å². The fourth-order valence-corrected chi connectivity index (χ4v) is 2.22. The van der Waals surface area contributed by atoms with Crippen molar-refractivity contribution in [3.8, 4) is 0 Å². The minimum Gasteiger partial charge on any atom is -0.465 e. The fraction of sp³-hybridized carbons (Fsp3) is 0.526. The number of hydrogen-bond donors (Lipinski definition) is 1. The SMILES string of the molecule is C/C=C(\C)C(CCN(C)/N=N\C(C)C)Nc1cccc(C(=O)OC)c1. The third-order valence-electron chi connectivity index (χ3n) is 3.81. The van der Waals surface area contributed by atoms with Gasteiger partial charge < -0.3 is 10.1 Å². The van der Waals surface area contributed by atoms with Crippen molar-refractivity contribution in [2.45, 2.75) is 46.2 Å². The first-order valence-corrected chi connectivity index (χ1v) is 8.57. The number of nitrogens with one attached hydrogen (secondary N) is 1. The molecule has 0 saturated heterocycles. The first-order chi connectivity index (χ1) is 11.9. The second kappa shape index (κ2) is 10.5. The number of carbonyl (C=O) groups is 1. The summed E-state index contributed by atoms with van der Waals surface area (Å²) in [6.07, 6.45) is 2.96. The van der Waals surface area contributed by atoms with Crippen molar-refractivity contribution < 1.29 is 9.53 Å². The van der Waals surface area contributed by atoms with Crippen molar-refractivity contribution >= 4 is 11.7 Å². The van der Waals surface area contributed by atoms with Crippen LogP contribution >= 0.6 is 0 Å². The Morgan fingerprint density at radius 3 is 2.72 bits per heavy atom. The van der Waals surface area contributed by atoms with Crippen molar-refractivity contribution in [1.82, 2.24) is 5.01 Å². The number of esters is 1. The Morgan fingerprint density at radius 2 is 2.12 bits per heavy atom. The lowest BCUT2D eigenvalue weighted by Crippen LogP contribution is -2.26. The molecule has 1 rings (SSSR count). The summed E-state index contributed by atoms with van der Waals surface area (Å²) >= 11 is 0. The number of anilines is 1. The van der Waals surface area contributed by atoms with E-state index in [0.717, 1.165) is 18.7 Å². The number of benzene rings is 1. The Hall–Kier alpha value is -2.37. The first-order valence-electron chi connectivity index (χ1n) is 8.57. The lowest BCUT2D eigenvalue weighted by atomic mass is 10.0. The molecule has 1 N–H and O–H groups in total. The van der Waals surface area contributed by atoms with Gasteiger partial charge in [-0.05, 0) is 52.3 Å². The number of methoxy groups -OCH3 is 1. The maximum Gasteiger partial charge on any atom is 0.337 e. The maximum atomic E-state index is 11.7. The van der Waals surface area contributed by atoms with Crippen LogP contribution in [0.2, 0.25) is 0 Å². The molecule has 1 aromatic carbocycles. The molecule has 0 aliphatic carbocycles. The Balaban J connectivity index is 2.79. The molecule has 6 heteroatoms. The van der Waals surface area contributed by atoms with Gasteiger partial charge >= 0.3 is 5.97 Å². The van der Waals surface area contributed by atoms with Crippen LogP contribution in [-0.4, -0.2) is 43.8 Å². The van der Waals surface area contributed by atoms with Crippen LogP contribution in [0.3, 0.4) is 0 Å². The molecule has 6 nitrogen and oxygen atoms in total. The zero-order chi connectivity index (χ0) is 18.8. The van der Waals surface area contributed by atoms with Gasteiger partial charge in [0.25, 0.3) is 0 Å².